The quantitative estimate of drug-likeness (QED) is 0.188. The first-order valence-electron chi connectivity index (χ1n) is 13.5. The number of nitrogens with one attached hydrogen (secondary N) is 2. The number of hydrogen-bond acceptors (Lipinski definition) is 4. The van der Waals surface area contributed by atoms with Crippen LogP contribution in [0.25, 0.3) is 33.3 Å². The Morgan fingerprint density at radius 3 is 2.17 bits per heavy atom. The fourth-order valence-electron chi connectivity index (χ4n) is 5.10. The molecule has 216 valence electrons. The Hall–Kier alpha value is -4.18. The van der Waals surface area contributed by atoms with Crippen molar-refractivity contribution in [2.24, 2.45) is 5.92 Å². The van der Waals surface area contributed by atoms with E-state index < -0.39 is 18.1 Å². The van der Waals surface area contributed by atoms with E-state index in [9.17, 15) is 23.1 Å². The van der Waals surface area contributed by atoms with Gasteiger partial charge in [0.25, 0.3) is 0 Å². The zero-order valence-electron chi connectivity index (χ0n) is 22.6. The summed E-state index contributed by atoms with van der Waals surface area (Å²) in [4.78, 5) is 28.2. The van der Waals surface area contributed by atoms with Gasteiger partial charge in [-0.05, 0) is 78.2 Å². The monoisotopic (exact) mass is 567 g/mol. The van der Waals surface area contributed by atoms with Gasteiger partial charge in [0, 0.05) is 6.54 Å². The summed E-state index contributed by atoms with van der Waals surface area (Å²) in [6.45, 7) is 3.83. The number of carboxylic acid groups (broad SMARTS) is 2. The molecule has 1 aliphatic rings. The lowest BCUT2D eigenvalue weighted by atomic mass is 9.89. The van der Waals surface area contributed by atoms with Crippen molar-refractivity contribution in [3.63, 3.8) is 0 Å². The normalized spacial score (nSPS) is 14.0. The van der Waals surface area contributed by atoms with E-state index in [0.717, 1.165) is 41.2 Å². The summed E-state index contributed by atoms with van der Waals surface area (Å²) in [6, 6.07) is 20.7. The predicted octanol–water partition coefficient (Wildman–Crippen LogP) is 7.21. The van der Waals surface area contributed by atoms with Crippen LogP contribution in [0.15, 0.2) is 60.7 Å². The number of alkyl halides is 3. The van der Waals surface area contributed by atoms with E-state index >= 15 is 0 Å². The molecule has 0 saturated heterocycles. The second-order valence-electron chi connectivity index (χ2n) is 10.3. The number of aliphatic carboxylic acids is 1. The molecule has 3 aromatic carbocycles. The van der Waals surface area contributed by atoms with Gasteiger partial charge in [-0.15, -0.1) is 0 Å². The number of imidazole rings is 1. The summed E-state index contributed by atoms with van der Waals surface area (Å²) >= 11 is 0. The van der Waals surface area contributed by atoms with Gasteiger partial charge in [0.05, 0.1) is 11.1 Å². The van der Waals surface area contributed by atoms with Crippen molar-refractivity contribution < 1.29 is 33.0 Å². The Balaban J connectivity index is 0.000000493. The first kappa shape index (κ1) is 29.8. The molecule has 41 heavy (non-hydrogen) atoms. The smallest absolute Gasteiger partial charge is 0.478 e. The second-order valence-corrected chi connectivity index (χ2v) is 10.3. The van der Waals surface area contributed by atoms with Gasteiger partial charge >= 0.3 is 18.1 Å². The van der Waals surface area contributed by atoms with E-state index in [0.29, 0.717) is 11.3 Å². The SMILES string of the molecule is Cc1nc2c(C(=O)O)cc(-c3ccc(-c4cccc(CNCC5CCCCC5)c4)cc3)cc2[nH]1.O=C(O)C(F)(F)F. The summed E-state index contributed by atoms with van der Waals surface area (Å²) in [5.74, 6) is -2.19. The van der Waals surface area contributed by atoms with Gasteiger partial charge in [0.15, 0.2) is 0 Å². The summed E-state index contributed by atoms with van der Waals surface area (Å²) in [7, 11) is 0. The number of aromatic carboxylic acids is 1. The highest BCUT2D eigenvalue weighted by Gasteiger charge is 2.38. The molecule has 1 fully saturated rings. The van der Waals surface area contributed by atoms with Gasteiger partial charge < -0.3 is 20.5 Å². The zero-order chi connectivity index (χ0) is 29.6. The van der Waals surface area contributed by atoms with Crippen molar-refractivity contribution in [3.8, 4) is 22.3 Å². The van der Waals surface area contributed by atoms with Crippen molar-refractivity contribution in [1.29, 1.82) is 0 Å². The van der Waals surface area contributed by atoms with Crippen LogP contribution in [-0.4, -0.2) is 44.8 Å². The summed E-state index contributed by atoms with van der Waals surface area (Å²) in [6.07, 6.45) is 1.80. The Bertz CT molecular complexity index is 1510. The van der Waals surface area contributed by atoms with Crippen molar-refractivity contribution in [3.05, 3.63) is 77.6 Å². The molecule has 10 heteroatoms. The number of benzene rings is 3. The Morgan fingerprint density at radius 1 is 0.927 bits per heavy atom. The first-order valence-corrected chi connectivity index (χ1v) is 13.5. The number of halogens is 3. The topological polar surface area (TPSA) is 115 Å². The van der Waals surface area contributed by atoms with E-state index in [-0.39, 0.29) is 5.56 Å². The third-order valence-corrected chi connectivity index (χ3v) is 7.14. The number of H-pyrrole nitrogens is 1. The van der Waals surface area contributed by atoms with Crippen LogP contribution >= 0.6 is 0 Å². The lowest BCUT2D eigenvalue weighted by Gasteiger charge is -2.21. The molecule has 1 saturated carbocycles. The molecule has 1 aliphatic carbocycles. The average molecular weight is 568 g/mol. The third-order valence-electron chi connectivity index (χ3n) is 7.14. The van der Waals surface area contributed by atoms with Crippen molar-refractivity contribution in [2.75, 3.05) is 6.54 Å². The van der Waals surface area contributed by atoms with Gasteiger partial charge in [0.2, 0.25) is 0 Å². The molecule has 0 radical (unpaired) electrons. The van der Waals surface area contributed by atoms with Crippen LogP contribution in [0, 0.1) is 12.8 Å². The maximum absolute atomic E-state index is 11.8. The lowest BCUT2D eigenvalue weighted by Crippen LogP contribution is -2.24. The molecule has 0 unspecified atom stereocenters. The van der Waals surface area contributed by atoms with Crippen LogP contribution in [0.5, 0.6) is 0 Å². The highest BCUT2D eigenvalue weighted by molar-refractivity contribution is 6.03. The van der Waals surface area contributed by atoms with E-state index in [1.165, 1.54) is 43.2 Å². The van der Waals surface area contributed by atoms with E-state index in [2.05, 4.69) is 63.8 Å². The lowest BCUT2D eigenvalue weighted by molar-refractivity contribution is -0.192. The standard InChI is InChI=1S/C29H31N3O2.C2HF3O2/c1-19-31-27-16-25(15-26(29(33)34)28(27)32-19)23-12-10-22(11-13-23)24-9-5-8-21(14-24)18-30-17-20-6-3-2-4-7-20;3-2(4,5)1(6)7/h5,8-16,20,30H,2-4,6-7,17-18H2,1H3,(H,31,32)(H,33,34);(H,6,7). The van der Waals surface area contributed by atoms with E-state index in [1.807, 2.05) is 13.0 Å². The van der Waals surface area contributed by atoms with Crippen molar-refractivity contribution in [1.82, 2.24) is 15.3 Å². The van der Waals surface area contributed by atoms with Crippen LogP contribution in [-0.2, 0) is 11.3 Å². The molecule has 0 bridgehead atoms. The first-order chi connectivity index (χ1) is 19.5. The maximum atomic E-state index is 11.8. The molecule has 1 aromatic heterocycles. The highest BCUT2D eigenvalue weighted by Crippen LogP contribution is 2.30. The minimum Gasteiger partial charge on any atom is -0.478 e. The van der Waals surface area contributed by atoms with Gasteiger partial charge in [-0.2, -0.15) is 13.2 Å². The average Bonchev–Trinajstić information content (AvgIpc) is 3.33. The van der Waals surface area contributed by atoms with Crippen molar-refractivity contribution >= 4 is 23.0 Å². The zero-order valence-corrected chi connectivity index (χ0v) is 22.6. The van der Waals surface area contributed by atoms with Crippen LogP contribution in [0.1, 0.15) is 53.8 Å². The van der Waals surface area contributed by atoms with Crippen LogP contribution in [0.2, 0.25) is 0 Å². The Morgan fingerprint density at radius 2 is 1.56 bits per heavy atom. The minimum absolute atomic E-state index is 0.217. The van der Waals surface area contributed by atoms with Crippen molar-refractivity contribution in [2.45, 2.75) is 51.7 Å². The van der Waals surface area contributed by atoms with E-state index in [4.69, 9.17) is 9.90 Å². The molecule has 1 heterocycles. The van der Waals surface area contributed by atoms with Gasteiger partial charge in [0.1, 0.15) is 11.3 Å². The number of hydrogen-bond donors (Lipinski definition) is 4. The number of aryl methyl sites for hydroxylation is 1. The molecule has 0 atom stereocenters. The minimum atomic E-state index is -5.08. The summed E-state index contributed by atoms with van der Waals surface area (Å²) in [5, 5.41) is 20.4. The number of fused-ring (bicyclic) bond motifs is 1. The number of aromatic nitrogens is 2. The second kappa shape index (κ2) is 13.0. The Kier molecular flexibility index (Phi) is 9.44. The largest absolute Gasteiger partial charge is 0.490 e. The summed E-state index contributed by atoms with van der Waals surface area (Å²) < 4.78 is 31.7. The van der Waals surface area contributed by atoms with Crippen LogP contribution in [0.4, 0.5) is 13.2 Å². The fraction of sp³-hybridized carbons (Fsp3) is 0.323. The molecular formula is C31H32F3N3O4. The number of rotatable bonds is 7. The van der Waals surface area contributed by atoms with Crippen LogP contribution in [0.3, 0.4) is 0 Å². The third kappa shape index (κ3) is 7.94. The molecule has 0 amide bonds. The van der Waals surface area contributed by atoms with Gasteiger partial charge in [-0.25, -0.2) is 14.6 Å². The molecule has 4 N–H and O–H groups in total. The number of carbonyl (C=O) groups is 2. The van der Waals surface area contributed by atoms with Gasteiger partial charge in [-0.3, -0.25) is 0 Å². The molecule has 4 aromatic rings. The summed E-state index contributed by atoms with van der Waals surface area (Å²) in [5.41, 5.74) is 6.93. The number of aromatic amines is 1. The molecular weight excluding hydrogens is 535 g/mol. The fourth-order valence-corrected chi connectivity index (χ4v) is 5.10. The maximum Gasteiger partial charge on any atom is 0.490 e. The van der Waals surface area contributed by atoms with Gasteiger partial charge in [-0.1, -0.05) is 61.7 Å². The Labute approximate surface area is 235 Å². The number of nitrogens with zero attached hydrogens (tertiary/aromatic N) is 1. The number of carboxylic acids is 2. The van der Waals surface area contributed by atoms with E-state index in [1.54, 1.807) is 6.07 Å². The molecule has 7 nitrogen and oxygen atoms in total. The highest BCUT2D eigenvalue weighted by atomic mass is 19.4. The predicted molar refractivity (Wildman–Crippen MR) is 151 cm³/mol. The van der Waals surface area contributed by atoms with Crippen LogP contribution < -0.4 is 5.32 Å². The molecule has 0 aliphatic heterocycles. The molecule has 5 rings (SSSR count). The molecule has 0 spiro atoms.